The van der Waals surface area contributed by atoms with Gasteiger partial charge in [-0.2, -0.15) is 0 Å². The molecule has 4 heteroatoms. The van der Waals surface area contributed by atoms with E-state index in [2.05, 4.69) is 218 Å². The molecular weight excluding hydrogens is 945 g/mol. The minimum absolute atomic E-state index is 0.664. The minimum Gasteiger partial charge on any atom is -0.256 e. The summed E-state index contributed by atoms with van der Waals surface area (Å²) in [7, 11) is 0. The van der Waals surface area contributed by atoms with Crippen molar-refractivity contribution in [2.45, 2.75) is 38.5 Å². The van der Waals surface area contributed by atoms with Crippen molar-refractivity contribution in [2.75, 3.05) is 0 Å². The second kappa shape index (κ2) is 18.0. The van der Waals surface area contributed by atoms with E-state index in [4.69, 9.17) is 19.9 Å². The van der Waals surface area contributed by atoms with Gasteiger partial charge in [0.05, 0.1) is 22.6 Å². The summed E-state index contributed by atoms with van der Waals surface area (Å²) in [5.41, 5.74) is 20.4. The second-order valence-corrected chi connectivity index (χ2v) is 21.3. The highest BCUT2D eigenvalue weighted by atomic mass is 14.9. The van der Waals surface area contributed by atoms with E-state index in [1.165, 1.54) is 76.5 Å². The molecular formula is C74H50N4. The van der Waals surface area contributed by atoms with E-state index in [0.717, 1.165) is 122 Å². The molecule has 366 valence electrons. The molecule has 0 fully saturated rings. The molecule has 0 N–H and O–H groups in total. The molecule has 0 atom stereocenters. The van der Waals surface area contributed by atoms with E-state index < -0.39 is 0 Å². The van der Waals surface area contributed by atoms with Gasteiger partial charge in [-0.1, -0.05) is 182 Å². The highest BCUT2D eigenvalue weighted by molar-refractivity contribution is 6.17. The first-order valence-electron chi connectivity index (χ1n) is 27.5. The van der Waals surface area contributed by atoms with Crippen molar-refractivity contribution in [3.8, 4) is 67.4 Å². The molecule has 78 heavy (non-hydrogen) atoms. The van der Waals surface area contributed by atoms with Crippen molar-refractivity contribution in [1.29, 1.82) is 0 Å². The van der Waals surface area contributed by atoms with Crippen molar-refractivity contribution in [3.63, 3.8) is 0 Å². The molecule has 16 rings (SSSR count). The van der Waals surface area contributed by atoms with Gasteiger partial charge in [-0.25, -0.2) is 9.97 Å². The lowest BCUT2D eigenvalue weighted by molar-refractivity contribution is 0.978. The van der Waals surface area contributed by atoms with Crippen LogP contribution < -0.4 is 0 Å². The number of aromatic nitrogens is 4. The third kappa shape index (κ3) is 7.20. The fraction of sp³-hybridized carbons (Fsp3) is 0.0811. The maximum absolute atomic E-state index is 5.70. The topological polar surface area (TPSA) is 51.6 Å². The summed E-state index contributed by atoms with van der Waals surface area (Å²) in [4.78, 5) is 21.2. The molecule has 3 aliphatic rings. The Morgan fingerprint density at radius 3 is 1.51 bits per heavy atom. The van der Waals surface area contributed by atoms with Gasteiger partial charge in [0.25, 0.3) is 0 Å². The first kappa shape index (κ1) is 44.6. The molecule has 0 spiro atoms. The Morgan fingerprint density at radius 1 is 0.308 bits per heavy atom. The predicted molar refractivity (Wildman–Crippen MR) is 327 cm³/mol. The van der Waals surface area contributed by atoms with Gasteiger partial charge >= 0.3 is 0 Å². The first-order valence-corrected chi connectivity index (χ1v) is 27.5. The van der Waals surface area contributed by atoms with Gasteiger partial charge in [-0.15, -0.1) is 0 Å². The van der Waals surface area contributed by atoms with Crippen LogP contribution in [-0.2, 0) is 19.3 Å². The zero-order valence-corrected chi connectivity index (χ0v) is 43.0. The molecule has 0 unspecified atom stereocenters. The Balaban J connectivity index is 0.958. The molecule has 0 amide bonds. The number of aryl methyl sites for hydroxylation is 3. The van der Waals surface area contributed by atoms with E-state index in [-0.39, 0.29) is 0 Å². The second-order valence-electron chi connectivity index (χ2n) is 21.3. The lowest BCUT2D eigenvalue weighted by Gasteiger charge is -2.20. The van der Waals surface area contributed by atoms with Gasteiger partial charge in [0, 0.05) is 56.5 Å². The van der Waals surface area contributed by atoms with Crippen LogP contribution in [0.3, 0.4) is 0 Å². The van der Waals surface area contributed by atoms with Crippen molar-refractivity contribution >= 4 is 83.0 Å². The summed E-state index contributed by atoms with van der Waals surface area (Å²) in [6.07, 6.45) is 24.0. The number of allylic oxidation sites excluding steroid dienone is 3. The Labute approximate surface area is 452 Å². The first-order chi connectivity index (χ1) is 38.7. The Hall–Kier alpha value is -9.64. The molecule has 13 aromatic rings. The van der Waals surface area contributed by atoms with Crippen molar-refractivity contribution < 1.29 is 0 Å². The highest BCUT2D eigenvalue weighted by Crippen LogP contribution is 2.45. The van der Waals surface area contributed by atoms with Gasteiger partial charge in [-0.05, 0) is 168 Å². The van der Waals surface area contributed by atoms with Gasteiger partial charge in [0.1, 0.15) is 0 Å². The smallest absolute Gasteiger partial charge is 0.160 e. The van der Waals surface area contributed by atoms with Crippen molar-refractivity contribution in [3.05, 3.63) is 246 Å². The largest absolute Gasteiger partial charge is 0.256 e. The number of pyridine rings is 2. The predicted octanol–water partition coefficient (Wildman–Crippen LogP) is 19.1. The van der Waals surface area contributed by atoms with Crippen LogP contribution in [0.15, 0.2) is 213 Å². The van der Waals surface area contributed by atoms with Crippen LogP contribution in [0.1, 0.15) is 52.6 Å². The van der Waals surface area contributed by atoms with Crippen LogP contribution in [0.4, 0.5) is 0 Å². The Morgan fingerprint density at radius 2 is 0.821 bits per heavy atom. The maximum Gasteiger partial charge on any atom is 0.160 e. The molecule has 0 aliphatic heterocycles. The maximum atomic E-state index is 5.70. The zero-order chi connectivity index (χ0) is 51.3. The molecule has 0 radical (unpaired) electrons. The summed E-state index contributed by atoms with van der Waals surface area (Å²) in [6.45, 7) is 0. The van der Waals surface area contributed by atoms with Crippen molar-refractivity contribution in [2.24, 2.45) is 0 Å². The normalized spacial score (nSPS) is 13.7. The van der Waals surface area contributed by atoms with Crippen LogP contribution in [-0.4, -0.2) is 19.9 Å². The summed E-state index contributed by atoms with van der Waals surface area (Å²) in [5.74, 6) is 0.664. The summed E-state index contributed by atoms with van der Waals surface area (Å²) in [6, 6.07) is 67.2. The lowest BCUT2D eigenvalue weighted by atomic mass is 9.84. The summed E-state index contributed by atoms with van der Waals surface area (Å²) in [5, 5.41) is 13.6. The van der Waals surface area contributed by atoms with Crippen LogP contribution in [0, 0.1) is 0 Å². The SMILES string of the molecule is C1=Cc2c(ccnc2-c2ccc(-c3nc(-c4ccc(-c5nccc6ccccc56)cc4)nc4c(-c5ccc6c7c(c8ccccc8c6c5)CCC=C7)cc(-c5ccc6c7c(c8ccccc8c6c5)CCC=C7)cc34)cc2)CC1. The standard InChI is InChI=1S/C74H50N4/c1-3-15-54-45(13-1)37-39-75-70(54)47-25-27-49(28-26-47)72-69-44-53(51-33-35-64-60-21-7-5-17-56(60)58-19-9-11-23-62(58)67(64)41-51)43-66(52-34-36-65-61-22-8-6-18-57(61)59-20-10-12-24-63(59)68(65)42-52)73(69)78-74(77-72)50-31-29-48(30-32-50)71-55-16-4-2-14-46(55)38-40-76-71/h2-4,7-12,14-16,19-44H,1,5-6,13,17-18H2. The van der Waals surface area contributed by atoms with E-state index in [9.17, 15) is 0 Å². The molecule has 0 saturated heterocycles. The van der Waals surface area contributed by atoms with E-state index in [0.29, 0.717) is 5.82 Å². The molecule has 0 saturated carbocycles. The molecule has 4 nitrogen and oxygen atoms in total. The molecule has 10 aromatic carbocycles. The molecule has 3 aromatic heterocycles. The third-order valence-corrected chi connectivity index (χ3v) is 17.0. The fourth-order valence-corrected chi connectivity index (χ4v) is 13.2. The number of benzene rings is 10. The van der Waals surface area contributed by atoms with Gasteiger partial charge in [0.15, 0.2) is 5.82 Å². The van der Waals surface area contributed by atoms with Crippen molar-refractivity contribution in [1.82, 2.24) is 19.9 Å². The van der Waals surface area contributed by atoms with Crippen LogP contribution >= 0.6 is 0 Å². The van der Waals surface area contributed by atoms with Gasteiger partial charge in [0.2, 0.25) is 0 Å². The average molecular weight is 995 g/mol. The van der Waals surface area contributed by atoms with E-state index in [1.54, 1.807) is 0 Å². The highest BCUT2D eigenvalue weighted by Gasteiger charge is 2.23. The summed E-state index contributed by atoms with van der Waals surface area (Å²) >= 11 is 0. The van der Waals surface area contributed by atoms with Crippen LogP contribution in [0.25, 0.3) is 150 Å². The van der Waals surface area contributed by atoms with Gasteiger partial charge in [-0.3, -0.25) is 9.97 Å². The monoisotopic (exact) mass is 994 g/mol. The third-order valence-electron chi connectivity index (χ3n) is 17.0. The zero-order valence-electron chi connectivity index (χ0n) is 43.0. The molecule has 0 bridgehead atoms. The van der Waals surface area contributed by atoms with E-state index in [1.807, 2.05) is 12.4 Å². The number of rotatable bonds is 6. The minimum atomic E-state index is 0.664. The number of hydrogen-bond donors (Lipinski definition) is 0. The molecule has 3 heterocycles. The van der Waals surface area contributed by atoms with Gasteiger partial charge < -0.3 is 0 Å². The number of fused-ring (bicyclic) bond motifs is 15. The summed E-state index contributed by atoms with van der Waals surface area (Å²) < 4.78 is 0. The Bertz CT molecular complexity index is 4770. The quantitative estimate of drug-likeness (QED) is 0.156. The Kier molecular flexibility index (Phi) is 10.3. The van der Waals surface area contributed by atoms with E-state index >= 15 is 0 Å². The average Bonchev–Trinajstić information content (AvgIpc) is 3.69. The lowest BCUT2D eigenvalue weighted by Crippen LogP contribution is -2.00. The fourth-order valence-electron chi connectivity index (χ4n) is 13.2. The number of nitrogens with zero attached hydrogens (tertiary/aromatic N) is 4. The van der Waals surface area contributed by atoms with Crippen LogP contribution in [0.2, 0.25) is 0 Å². The molecule has 3 aliphatic carbocycles. The van der Waals surface area contributed by atoms with Crippen LogP contribution in [0.5, 0.6) is 0 Å². The number of hydrogen-bond acceptors (Lipinski definition) is 4.